The highest BCUT2D eigenvalue weighted by Gasteiger charge is 2.24. The second kappa shape index (κ2) is 3.91. The van der Waals surface area contributed by atoms with Crippen molar-refractivity contribution in [2.45, 2.75) is 40.0 Å². The molecule has 72 valence electrons. The second-order valence-corrected chi connectivity index (χ2v) is 3.53. The van der Waals surface area contributed by atoms with Crippen molar-refractivity contribution < 1.29 is 4.39 Å². The molecule has 1 heteroatoms. The van der Waals surface area contributed by atoms with E-state index in [1.165, 1.54) is 5.57 Å². The molecule has 1 rings (SSSR count). The van der Waals surface area contributed by atoms with E-state index in [1.807, 2.05) is 6.92 Å². The first-order chi connectivity index (χ1) is 6.11. The van der Waals surface area contributed by atoms with Gasteiger partial charge in [0.1, 0.15) is 5.83 Å². The molecule has 1 aliphatic rings. The summed E-state index contributed by atoms with van der Waals surface area (Å²) in [4.78, 5) is 0. The molecule has 0 saturated carbocycles. The standard InChI is InChI=1S/C12H17F/c1-5-8(3)7-11-10(6-2)9(4)12(11)13/h3,5-7H2,1-2,4H3. The lowest BCUT2D eigenvalue weighted by atomic mass is 9.83. The highest BCUT2D eigenvalue weighted by molar-refractivity contribution is 5.56. The molecule has 0 bridgehead atoms. The number of hydrogen-bond acceptors (Lipinski definition) is 0. The van der Waals surface area contributed by atoms with Crippen molar-refractivity contribution in [2.75, 3.05) is 0 Å². The molecule has 0 N–H and O–H groups in total. The van der Waals surface area contributed by atoms with Crippen LogP contribution in [0.4, 0.5) is 4.39 Å². The van der Waals surface area contributed by atoms with Gasteiger partial charge in [-0.15, -0.1) is 0 Å². The summed E-state index contributed by atoms with van der Waals surface area (Å²) in [6.07, 6.45) is 2.60. The van der Waals surface area contributed by atoms with Gasteiger partial charge in [0.2, 0.25) is 0 Å². The third-order valence-corrected chi connectivity index (χ3v) is 2.69. The first-order valence-corrected chi connectivity index (χ1v) is 4.87. The van der Waals surface area contributed by atoms with Gasteiger partial charge in [-0.1, -0.05) is 26.0 Å². The normalized spacial score (nSPS) is 16.3. The summed E-state index contributed by atoms with van der Waals surface area (Å²) >= 11 is 0. The number of halogens is 1. The number of allylic oxidation sites excluding steroid dienone is 5. The SMILES string of the molecule is C=C(CC)CC1=C(CC)C(C)=C1F. The second-order valence-electron chi connectivity index (χ2n) is 3.53. The first kappa shape index (κ1) is 10.2. The minimum Gasteiger partial charge on any atom is -0.206 e. The van der Waals surface area contributed by atoms with Gasteiger partial charge in [0, 0.05) is 0 Å². The van der Waals surface area contributed by atoms with Crippen LogP contribution >= 0.6 is 0 Å². The van der Waals surface area contributed by atoms with E-state index in [0.717, 1.165) is 36.0 Å². The van der Waals surface area contributed by atoms with Gasteiger partial charge in [-0.3, -0.25) is 0 Å². The largest absolute Gasteiger partial charge is 0.206 e. The summed E-state index contributed by atoms with van der Waals surface area (Å²) in [6, 6.07) is 0. The summed E-state index contributed by atoms with van der Waals surface area (Å²) in [6.45, 7) is 9.88. The molecule has 0 spiro atoms. The smallest absolute Gasteiger partial charge is 0.130 e. The van der Waals surface area contributed by atoms with Crippen molar-refractivity contribution >= 4 is 0 Å². The molecule has 0 nitrogen and oxygen atoms in total. The number of hydrogen-bond donors (Lipinski definition) is 0. The minimum atomic E-state index is 0.00597. The van der Waals surface area contributed by atoms with Crippen molar-refractivity contribution in [1.82, 2.24) is 0 Å². The summed E-state index contributed by atoms with van der Waals surface area (Å²) in [5.41, 5.74) is 4.06. The monoisotopic (exact) mass is 180 g/mol. The van der Waals surface area contributed by atoms with Crippen LogP contribution in [0, 0.1) is 0 Å². The molecule has 0 saturated heterocycles. The van der Waals surface area contributed by atoms with Crippen LogP contribution < -0.4 is 0 Å². The molecule has 0 aliphatic heterocycles. The summed E-state index contributed by atoms with van der Waals surface area (Å²) < 4.78 is 13.3. The quantitative estimate of drug-likeness (QED) is 0.565. The van der Waals surface area contributed by atoms with Crippen LogP contribution in [0.5, 0.6) is 0 Å². The Morgan fingerprint density at radius 2 is 1.92 bits per heavy atom. The summed E-state index contributed by atoms with van der Waals surface area (Å²) in [5, 5.41) is 0. The zero-order valence-corrected chi connectivity index (χ0v) is 8.71. The van der Waals surface area contributed by atoms with Crippen LogP contribution in [0.25, 0.3) is 0 Å². The van der Waals surface area contributed by atoms with Crippen LogP contribution in [0.2, 0.25) is 0 Å². The molecule has 0 fully saturated rings. The van der Waals surface area contributed by atoms with E-state index in [0.29, 0.717) is 0 Å². The van der Waals surface area contributed by atoms with Crippen LogP contribution in [0.3, 0.4) is 0 Å². The van der Waals surface area contributed by atoms with E-state index < -0.39 is 0 Å². The third-order valence-electron chi connectivity index (χ3n) is 2.69. The van der Waals surface area contributed by atoms with Gasteiger partial charge in [0.05, 0.1) is 0 Å². The Bertz CT molecular complexity index is 292. The van der Waals surface area contributed by atoms with Crippen LogP contribution in [-0.2, 0) is 0 Å². The Morgan fingerprint density at radius 3 is 2.38 bits per heavy atom. The zero-order chi connectivity index (χ0) is 10.0. The molecule has 0 radical (unpaired) electrons. The Kier molecular flexibility index (Phi) is 3.07. The topological polar surface area (TPSA) is 0 Å². The molecule has 0 atom stereocenters. The van der Waals surface area contributed by atoms with Crippen LogP contribution in [0.15, 0.2) is 34.7 Å². The van der Waals surface area contributed by atoms with Crippen molar-refractivity contribution in [3.8, 4) is 0 Å². The van der Waals surface area contributed by atoms with Crippen molar-refractivity contribution in [3.63, 3.8) is 0 Å². The van der Waals surface area contributed by atoms with Gasteiger partial charge < -0.3 is 0 Å². The molecule has 13 heavy (non-hydrogen) atoms. The lowest BCUT2D eigenvalue weighted by Crippen LogP contribution is -2.07. The van der Waals surface area contributed by atoms with Crippen LogP contribution in [-0.4, -0.2) is 0 Å². The fraction of sp³-hybridized carbons (Fsp3) is 0.500. The molecule has 0 unspecified atom stereocenters. The van der Waals surface area contributed by atoms with Gasteiger partial charge in [0.25, 0.3) is 0 Å². The van der Waals surface area contributed by atoms with Gasteiger partial charge in [-0.25, -0.2) is 4.39 Å². The average molecular weight is 180 g/mol. The molecule has 1 aliphatic carbocycles. The minimum absolute atomic E-state index is 0.00597. The summed E-state index contributed by atoms with van der Waals surface area (Å²) in [7, 11) is 0. The predicted molar refractivity (Wildman–Crippen MR) is 55.2 cm³/mol. The Morgan fingerprint density at radius 1 is 1.31 bits per heavy atom. The maximum absolute atomic E-state index is 13.3. The van der Waals surface area contributed by atoms with Gasteiger partial charge in [-0.2, -0.15) is 0 Å². The molecule has 0 aromatic carbocycles. The number of rotatable bonds is 4. The van der Waals surface area contributed by atoms with Crippen molar-refractivity contribution in [1.29, 1.82) is 0 Å². The lowest BCUT2D eigenvalue weighted by Gasteiger charge is -2.24. The molecular formula is C12H17F. The van der Waals surface area contributed by atoms with Crippen molar-refractivity contribution in [3.05, 3.63) is 34.7 Å². The van der Waals surface area contributed by atoms with Crippen molar-refractivity contribution in [2.24, 2.45) is 0 Å². The Hall–Kier alpha value is -0.850. The van der Waals surface area contributed by atoms with E-state index in [1.54, 1.807) is 0 Å². The maximum Gasteiger partial charge on any atom is 0.130 e. The Balaban J connectivity index is 2.70. The first-order valence-electron chi connectivity index (χ1n) is 4.87. The molecule has 0 heterocycles. The van der Waals surface area contributed by atoms with Gasteiger partial charge in [-0.05, 0) is 42.9 Å². The highest BCUT2D eigenvalue weighted by atomic mass is 19.1. The van der Waals surface area contributed by atoms with E-state index >= 15 is 0 Å². The molecule has 0 aromatic heterocycles. The highest BCUT2D eigenvalue weighted by Crippen LogP contribution is 2.41. The lowest BCUT2D eigenvalue weighted by molar-refractivity contribution is 0.606. The fourth-order valence-corrected chi connectivity index (χ4v) is 1.69. The molecular weight excluding hydrogens is 163 g/mol. The third kappa shape index (κ3) is 1.74. The van der Waals surface area contributed by atoms with Gasteiger partial charge >= 0.3 is 0 Å². The van der Waals surface area contributed by atoms with E-state index in [4.69, 9.17) is 0 Å². The molecule has 0 amide bonds. The Labute approximate surface area is 79.8 Å². The zero-order valence-electron chi connectivity index (χ0n) is 8.71. The summed E-state index contributed by atoms with van der Waals surface area (Å²) in [5.74, 6) is 0.00597. The maximum atomic E-state index is 13.3. The van der Waals surface area contributed by atoms with E-state index in [2.05, 4.69) is 20.4 Å². The van der Waals surface area contributed by atoms with Gasteiger partial charge in [0.15, 0.2) is 0 Å². The average Bonchev–Trinajstić information content (AvgIpc) is 2.16. The van der Waals surface area contributed by atoms with Crippen LogP contribution in [0.1, 0.15) is 40.0 Å². The fourth-order valence-electron chi connectivity index (χ4n) is 1.69. The molecule has 0 aromatic rings. The van der Waals surface area contributed by atoms with E-state index in [9.17, 15) is 4.39 Å². The predicted octanol–water partition coefficient (Wildman–Crippen LogP) is 4.31. The van der Waals surface area contributed by atoms with E-state index in [-0.39, 0.29) is 5.83 Å².